The van der Waals surface area contributed by atoms with Crippen LogP contribution in [0.4, 0.5) is 0 Å². The third-order valence-electron chi connectivity index (χ3n) is 2.00. The second kappa shape index (κ2) is 4.23. The van der Waals surface area contributed by atoms with Gasteiger partial charge in [-0.2, -0.15) is 0 Å². The molecule has 16 heavy (non-hydrogen) atoms. The second-order valence-electron chi connectivity index (χ2n) is 3.12. The first-order valence-corrected chi connectivity index (χ1v) is 5.72. The Morgan fingerprint density at radius 1 is 1.56 bits per heavy atom. The lowest BCUT2D eigenvalue weighted by atomic mass is 10.3. The predicted molar refractivity (Wildman–Crippen MR) is 63.3 cm³/mol. The van der Waals surface area contributed by atoms with Crippen LogP contribution in [0, 0.1) is 10.9 Å². The predicted octanol–water partition coefficient (Wildman–Crippen LogP) is 3.16. The maximum atomic E-state index is 11.5. The molecule has 0 aliphatic rings. The molecule has 0 amide bonds. The molecule has 0 aliphatic heterocycles. The molecule has 0 bridgehead atoms. The van der Waals surface area contributed by atoms with Gasteiger partial charge in [0.05, 0.1) is 7.11 Å². The van der Waals surface area contributed by atoms with Gasteiger partial charge in [0.2, 0.25) is 0 Å². The molecule has 2 heterocycles. The quantitative estimate of drug-likeness (QED) is 0.661. The molecule has 2 aromatic rings. The van der Waals surface area contributed by atoms with Crippen LogP contribution in [-0.4, -0.2) is 18.1 Å². The van der Waals surface area contributed by atoms with E-state index >= 15 is 0 Å². The number of methoxy groups -OCH3 is 1. The number of hydrogen-bond acceptors (Lipinski definition) is 5. The highest BCUT2D eigenvalue weighted by Gasteiger charge is 2.18. The fourth-order valence-corrected chi connectivity index (χ4v) is 2.44. The molecule has 0 aromatic carbocycles. The lowest BCUT2D eigenvalue weighted by molar-refractivity contribution is 0.0595. The summed E-state index contributed by atoms with van der Waals surface area (Å²) in [6, 6.07) is 3.63. The number of nitrogens with one attached hydrogen (secondary N) is 1. The summed E-state index contributed by atoms with van der Waals surface area (Å²) in [5.41, 5.74) is 0.340. The van der Waals surface area contributed by atoms with E-state index in [0.29, 0.717) is 20.3 Å². The smallest absolute Gasteiger partial charge is 0.356 e. The molecule has 0 aliphatic carbocycles. The summed E-state index contributed by atoms with van der Waals surface area (Å²) in [7, 11) is 1.33. The van der Waals surface area contributed by atoms with Crippen molar-refractivity contribution in [1.29, 1.82) is 0 Å². The highest BCUT2D eigenvalue weighted by molar-refractivity contribution is 7.73. The molecular formula is C10H9NO3S2. The molecule has 0 saturated carbocycles. The zero-order valence-corrected chi connectivity index (χ0v) is 10.3. The standard InChI is InChI=1S/C10H9NO3S2/c1-5-3-4-6(14-5)8-7(9(12)13-2)11-10(15)16-8/h3-4H,1-2H3,(H,11,15). The van der Waals surface area contributed by atoms with Crippen LogP contribution in [0.25, 0.3) is 10.6 Å². The van der Waals surface area contributed by atoms with Gasteiger partial charge in [0.1, 0.15) is 22.1 Å². The number of carbonyl (C=O) groups excluding carboxylic acids is 1. The lowest BCUT2D eigenvalue weighted by Crippen LogP contribution is -2.02. The highest BCUT2D eigenvalue weighted by Crippen LogP contribution is 2.30. The van der Waals surface area contributed by atoms with E-state index in [1.165, 1.54) is 18.4 Å². The Hall–Kier alpha value is -1.40. The van der Waals surface area contributed by atoms with Gasteiger partial charge < -0.3 is 14.1 Å². The summed E-state index contributed by atoms with van der Waals surface area (Å²) in [4.78, 5) is 15.0. The Kier molecular flexibility index (Phi) is 2.93. The van der Waals surface area contributed by atoms with Crippen molar-refractivity contribution < 1.29 is 13.9 Å². The Balaban J connectivity index is 2.56. The van der Waals surface area contributed by atoms with E-state index in [9.17, 15) is 4.79 Å². The van der Waals surface area contributed by atoms with Crippen molar-refractivity contribution in [3.8, 4) is 10.6 Å². The normalized spacial score (nSPS) is 10.4. The van der Waals surface area contributed by atoms with Gasteiger partial charge in [-0.15, -0.1) is 11.3 Å². The van der Waals surface area contributed by atoms with E-state index in [4.69, 9.17) is 16.6 Å². The van der Waals surface area contributed by atoms with E-state index < -0.39 is 5.97 Å². The Morgan fingerprint density at radius 2 is 2.31 bits per heavy atom. The van der Waals surface area contributed by atoms with Crippen molar-refractivity contribution in [2.45, 2.75) is 6.92 Å². The summed E-state index contributed by atoms with van der Waals surface area (Å²) in [5.74, 6) is 0.955. The molecule has 84 valence electrons. The Morgan fingerprint density at radius 3 is 2.88 bits per heavy atom. The van der Waals surface area contributed by atoms with Gasteiger partial charge in [-0.3, -0.25) is 0 Å². The molecule has 2 aromatic heterocycles. The minimum absolute atomic E-state index is 0.340. The number of rotatable bonds is 2. The maximum absolute atomic E-state index is 11.5. The molecule has 0 atom stereocenters. The highest BCUT2D eigenvalue weighted by atomic mass is 32.1. The Labute approximate surface area is 101 Å². The number of carbonyl (C=O) groups is 1. The van der Waals surface area contributed by atoms with E-state index in [2.05, 4.69) is 9.72 Å². The first-order valence-electron chi connectivity index (χ1n) is 4.50. The molecule has 0 fully saturated rings. The largest absolute Gasteiger partial charge is 0.464 e. The minimum atomic E-state index is -0.448. The molecule has 2 rings (SSSR count). The summed E-state index contributed by atoms with van der Waals surface area (Å²) < 4.78 is 10.6. The number of esters is 1. The van der Waals surface area contributed by atoms with Crippen LogP contribution >= 0.6 is 23.6 Å². The number of furan rings is 1. The first-order chi connectivity index (χ1) is 7.61. The zero-order chi connectivity index (χ0) is 11.7. The first kappa shape index (κ1) is 11.1. The van der Waals surface area contributed by atoms with Crippen LogP contribution in [0.5, 0.6) is 0 Å². The van der Waals surface area contributed by atoms with Crippen molar-refractivity contribution >= 4 is 29.5 Å². The maximum Gasteiger partial charge on any atom is 0.356 e. The van der Waals surface area contributed by atoms with Gasteiger partial charge in [0, 0.05) is 0 Å². The fraction of sp³-hybridized carbons (Fsp3) is 0.200. The summed E-state index contributed by atoms with van der Waals surface area (Å²) in [5, 5.41) is 0. The molecule has 0 saturated heterocycles. The molecule has 0 spiro atoms. The number of aromatic amines is 1. The molecule has 1 N–H and O–H groups in total. The molecule has 4 nitrogen and oxygen atoms in total. The van der Waals surface area contributed by atoms with Crippen LogP contribution in [0.1, 0.15) is 16.2 Å². The summed E-state index contributed by atoms with van der Waals surface area (Å²) in [6.45, 7) is 1.84. The van der Waals surface area contributed by atoms with E-state index in [1.54, 1.807) is 6.07 Å². The van der Waals surface area contributed by atoms with E-state index in [1.807, 2.05) is 13.0 Å². The van der Waals surface area contributed by atoms with Gasteiger partial charge >= 0.3 is 5.97 Å². The third kappa shape index (κ3) is 1.94. The third-order valence-corrected chi connectivity index (χ3v) is 3.25. The van der Waals surface area contributed by atoms with Crippen molar-refractivity contribution in [3.63, 3.8) is 0 Å². The van der Waals surface area contributed by atoms with Crippen LogP contribution in [-0.2, 0) is 4.74 Å². The van der Waals surface area contributed by atoms with Crippen LogP contribution in [0.15, 0.2) is 16.5 Å². The van der Waals surface area contributed by atoms with Gasteiger partial charge in [-0.25, -0.2) is 4.79 Å². The van der Waals surface area contributed by atoms with Crippen LogP contribution in [0.2, 0.25) is 0 Å². The van der Waals surface area contributed by atoms with E-state index in [-0.39, 0.29) is 0 Å². The monoisotopic (exact) mass is 255 g/mol. The number of aryl methyl sites for hydroxylation is 1. The van der Waals surface area contributed by atoms with Crippen molar-refractivity contribution in [2.24, 2.45) is 0 Å². The van der Waals surface area contributed by atoms with Crippen molar-refractivity contribution in [1.82, 2.24) is 4.98 Å². The zero-order valence-electron chi connectivity index (χ0n) is 8.70. The van der Waals surface area contributed by atoms with Crippen molar-refractivity contribution in [2.75, 3.05) is 7.11 Å². The van der Waals surface area contributed by atoms with Crippen LogP contribution < -0.4 is 0 Å². The number of thiazole rings is 1. The number of aromatic nitrogens is 1. The Bertz CT molecular complexity index is 579. The van der Waals surface area contributed by atoms with Crippen LogP contribution in [0.3, 0.4) is 0 Å². The molecule has 0 radical (unpaired) electrons. The summed E-state index contributed by atoms with van der Waals surface area (Å²) >= 11 is 6.30. The average Bonchev–Trinajstić information content (AvgIpc) is 2.83. The molecule has 0 unspecified atom stereocenters. The van der Waals surface area contributed by atoms with Gasteiger partial charge in [-0.05, 0) is 31.3 Å². The van der Waals surface area contributed by atoms with Gasteiger partial charge in [-0.1, -0.05) is 0 Å². The molecule has 6 heteroatoms. The number of hydrogen-bond donors (Lipinski definition) is 1. The van der Waals surface area contributed by atoms with E-state index in [0.717, 1.165) is 5.76 Å². The summed E-state index contributed by atoms with van der Waals surface area (Å²) in [6.07, 6.45) is 0. The SMILES string of the molecule is COC(=O)c1[nH]c(=S)sc1-c1ccc(C)o1. The average molecular weight is 255 g/mol. The number of H-pyrrole nitrogens is 1. The minimum Gasteiger partial charge on any atom is -0.464 e. The lowest BCUT2D eigenvalue weighted by Gasteiger charge is -1.97. The van der Waals surface area contributed by atoms with Crippen molar-refractivity contribution in [3.05, 3.63) is 27.5 Å². The number of ether oxygens (including phenoxy) is 1. The van der Waals surface area contributed by atoms with Gasteiger partial charge in [0.15, 0.2) is 3.95 Å². The second-order valence-corrected chi connectivity index (χ2v) is 4.81. The van der Waals surface area contributed by atoms with Gasteiger partial charge in [0.25, 0.3) is 0 Å². The topological polar surface area (TPSA) is 55.2 Å². The fourth-order valence-electron chi connectivity index (χ4n) is 1.30. The molecular weight excluding hydrogens is 246 g/mol.